The topological polar surface area (TPSA) is 69.7 Å². The molecule has 2 aromatic heterocycles. The number of nitrogens with zero attached hydrogens (tertiary/aromatic N) is 4. The van der Waals surface area contributed by atoms with Gasteiger partial charge in [-0.25, -0.2) is 9.97 Å². The first-order valence-electron chi connectivity index (χ1n) is 10.3. The highest BCUT2D eigenvalue weighted by Gasteiger charge is 2.20. The van der Waals surface area contributed by atoms with Gasteiger partial charge >= 0.3 is 0 Å². The van der Waals surface area contributed by atoms with Gasteiger partial charge in [-0.2, -0.15) is 5.10 Å². The fourth-order valence-corrected chi connectivity index (χ4v) is 4.09. The van der Waals surface area contributed by atoms with Gasteiger partial charge in [-0.05, 0) is 53.6 Å². The molecule has 1 aliphatic heterocycles. The summed E-state index contributed by atoms with van der Waals surface area (Å²) in [5.74, 6) is 1.48. The average Bonchev–Trinajstić information content (AvgIpc) is 3.46. The number of anilines is 3. The van der Waals surface area contributed by atoms with Gasteiger partial charge in [-0.15, -0.1) is 0 Å². The Morgan fingerprint density at radius 1 is 0.871 bits per heavy atom. The van der Waals surface area contributed by atoms with Crippen molar-refractivity contribution in [2.75, 3.05) is 10.2 Å². The second-order valence-electron chi connectivity index (χ2n) is 7.74. The number of nitrogens with one attached hydrogen (secondary N) is 2. The van der Waals surface area contributed by atoms with Crippen LogP contribution in [0.15, 0.2) is 85.2 Å². The van der Waals surface area contributed by atoms with Crippen molar-refractivity contribution in [2.45, 2.75) is 13.1 Å². The molecule has 6 rings (SSSR count). The first-order chi connectivity index (χ1) is 15.3. The maximum Gasteiger partial charge on any atom is 0.161 e. The molecule has 0 fully saturated rings. The molecule has 0 saturated heterocycles. The van der Waals surface area contributed by atoms with Crippen LogP contribution in [0, 0.1) is 0 Å². The Morgan fingerprint density at radius 2 is 1.77 bits per heavy atom. The van der Waals surface area contributed by atoms with Crippen LogP contribution in [-0.4, -0.2) is 20.2 Å². The van der Waals surface area contributed by atoms with Gasteiger partial charge < -0.3 is 10.2 Å². The molecule has 5 aromatic rings. The van der Waals surface area contributed by atoms with Crippen LogP contribution in [0.25, 0.3) is 22.3 Å². The molecule has 0 amide bonds. The Bertz CT molecular complexity index is 1380. The van der Waals surface area contributed by atoms with Crippen molar-refractivity contribution in [3.8, 4) is 11.4 Å². The number of hydrogen-bond donors (Lipinski definition) is 2. The molecule has 31 heavy (non-hydrogen) atoms. The van der Waals surface area contributed by atoms with E-state index in [0.29, 0.717) is 0 Å². The summed E-state index contributed by atoms with van der Waals surface area (Å²) >= 11 is 0. The zero-order valence-electron chi connectivity index (χ0n) is 16.8. The van der Waals surface area contributed by atoms with Crippen LogP contribution in [0.1, 0.15) is 11.1 Å². The first-order valence-corrected chi connectivity index (χ1v) is 10.3. The third-order valence-corrected chi connectivity index (χ3v) is 5.68. The van der Waals surface area contributed by atoms with Crippen LogP contribution >= 0.6 is 0 Å². The molecule has 0 radical (unpaired) electrons. The summed E-state index contributed by atoms with van der Waals surface area (Å²) in [5.41, 5.74) is 6.94. The van der Waals surface area contributed by atoms with Crippen molar-refractivity contribution < 1.29 is 0 Å². The monoisotopic (exact) mass is 404 g/mol. The molecule has 0 atom stereocenters. The Kier molecular flexibility index (Phi) is 4.13. The van der Waals surface area contributed by atoms with Gasteiger partial charge in [-0.1, -0.05) is 30.3 Å². The number of fused-ring (bicyclic) bond motifs is 2. The Morgan fingerprint density at radius 3 is 2.71 bits per heavy atom. The summed E-state index contributed by atoms with van der Waals surface area (Å²) in [6.45, 7) is 1.83. The minimum Gasteiger partial charge on any atom is -0.363 e. The van der Waals surface area contributed by atoms with Crippen molar-refractivity contribution >= 4 is 28.1 Å². The highest BCUT2D eigenvalue weighted by atomic mass is 15.1. The SMILES string of the molecule is c1ccc(N2Cc3ccc(-c4nccc(Nc5ccc6[nH]ncc6c5)n4)cc3C2)cc1. The van der Waals surface area contributed by atoms with E-state index in [1.165, 1.54) is 16.8 Å². The number of rotatable bonds is 4. The summed E-state index contributed by atoms with van der Waals surface area (Å²) < 4.78 is 0. The predicted molar refractivity (Wildman–Crippen MR) is 123 cm³/mol. The third kappa shape index (κ3) is 3.38. The predicted octanol–water partition coefficient (Wildman–Crippen LogP) is 5.28. The normalized spacial score (nSPS) is 12.8. The van der Waals surface area contributed by atoms with Crippen LogP contribution in [0.3, 0.4) is 0 Å². The fourth-order valence-electron chi connectivity index (χ4n) is 4.09. The molecule has 6 heteroatoms. The molecule has 6 nitrogen and oxygen atoms in total. The first kappa shape index (κ1) is 17.7. The van der Waals surface area contributed by atoms with Gasteiger partial charge in [0.2, 0.25) is 0 Å². The van der Waals surface area contributed by atoms with Gasteiger partial charge in [0.1, 0.15) is 5.82 Å². The number of aromatic amines is 1. The number of para-hydroxylation sites is 1. The van der Waals surface area contributed by atoms with Crippen molar-refractivity contribution in [2.24, 2.45) is 0 Å². The van der Waals surface area contributed by atoms with E-state index in [1.807, 2.05) is 30.5 Å². The summed E-state index contributed by atoms with van der Waals surface area (Å²) in [6.07, 6.45) is 3.61. The number of hydrogen-bond acceptors (Lipinski definition) is 5. The molecule has 0 spiro atoms. The molecule has 0 saturated carbocycles. The lowest BCUT2D eigenvalue weighted by atomic mass is 10.1. The molecule has 3 heterocycles. The van der Waals surface area contributed by atoms with Gasteiger partial charge in [0.15, 0.2) is 5.82 Å². The molecule has 2 N–H and O–H groups in total. The number of H-pyrrole nitrogens is 1. The lowest BCUT2D eigenvalue weighted by Gasteiger charge is -2.17. The van der Waals surface area contributed by atoms with Crippen molar-refractivity contribution in [1.29, 1.82) is 0 Å². The third-order valence-electron chi connectivity index (χ3n) is 5.68. The van der Waals surface area contributed by atoms with Gasteiger partial charge in [0.25, 0.3) is 0 Å². The summed E-state index contributed by atoms with van der Waals surface area (Å²) in [5, 5.41) is 11.5. The number of benzene rings is 3. The van der Waals surface area contributed by atoms with Crippen molar-refractivity contribution in [1.82, 2.24) is 20.2 Å². The van der Waals surface area contributed by atoms with Crippen LogP contribution in [-0.2, 0) is 13.1 Å². The van der Waals surface area contributed by atoms with Crippen molar-refractivity contribution in [3.05, 3.63) is 96.3 Å². The van der Waals surface area contributed by atoms with E-state index < -0.39 is 0 Å². The molecule has 1 aliphatic rings. The van der Waals surface area contributed by atoms with E-state index >= 15 is 0 Å². The number of aromatic nitrogens is 4. The second-order valence-corrected chi connectivity index (χ2v) is 7.74. The van der Waals surface area contributed by atoms with Crippen LogP contribution in [0.2, 0.25) is 0 Å². The Hall–Kier alpha value is -4.19. The molecular weight excluding hydrogens is 384 g/mol. The summed E-state index contributed by atoms with van der Waals surface area (Å²) in [6, 6.07) is 25.0. The largest absolute Gasteiger partial charge is 0.363 e. The smallest absolute Gasteiger partial charge is 0.161 e. The van der Waals surface area contributed by atoms with E-state index in [0.717, 1.165) is 46.9 Å². The van der Waals surface area contributed by atoms with Crippen molar-refractivity contribution in [3.63, 3.8) is 0 Å². The highest BCUT2D eigenvalue weighted by Crippen LogP contribution is 2.31. The van der Waals surface area contributed by atoms with Crippen LogP contribution < -0.4 is 10.2 Å². The standard InChI is InChI=1S/C25H20N6/c1-2-4-22(5-3-1)31-15-18-7-6-17(12-20(18)16-31)25-26-11-10-24(29-25)28-21-8-9-23-19(13-21)14-27-30-23/h1-14H,15-16H2,(H,27,30)(H,26,28,29). The van der Waals surface area contributed by atoms with Crippen LogP contribution in [0.5, 0.6) is 0 Å². The van der Waals surface area contributed by atoms with Gasteiger partial charge in [0, 0.05) is 41.6 Å². The zero-order valence-corrected chi connectivity index (χ0v) is 16.8. The molecule has 0 bridgehead atoms. The van der Waals surface area contributed by atoms with E-state index in [2.05, 4.69) is 73.9 Å². The second kappa shape index (κ2) is 7.25. The highest BCUT2D eigenvalue weighted by molar-refractivity contribution is 5.82. The van der Waals surface area contributed by atoms with E-state index in [-0.39, 0.29) is 0 Å². The summed E-state index contributed by atoms with van der Waals surface area (Å²) in [4.78, 5) is 11.7. The molecular formula is C25H20N6. The molecule has 0 aliphatic carbocycles. The minimum absolute atomic E-state index is 0.718. The van der Waals surface area contributed by atoms with Gasteiger partial charge in [0.05, 0.1) is 11.7 Å². The van der Waals surface area contributed by atoms with E-state index in [4.69, 9.17) is 4.98 Å². The lowest BCUT2D eigenvalue weighted by molar-refractivity contribution is 0.880. The lowest BCUT2D eigenvalue weighted by Crippen LogP contribution is -2.13. The van der Waals surface area contributed by atoms with Crippen LogP contribution in [0.4, 0.5) is 17.2 Å². The van der Waals surface area contributed by atoms with Gasteiger partial charge in [-0.3, -0.25) is 5.10 Å². The zero-order chi connectivity index (χ0) is 20.6. The molecule has 3 aromatic carbocycles. The van der Waals surface area contributed by atoms with E-state index in [1.54, 1.807) is 6.20 Å². The molecule has 0 unspecified atom stereocenters. The quantitative estimate of drug-likeness (QED) is 0.426. The molecule has 150 valence electrons. The minimum atomic E-state index is 0.718. The average molecular weight is 404 g/mol. The van der Waals surface area contributed by atoms with E-state index in [9.17, 15) is 0 Å². The Labute approximate surface area is 179 Å². The maximum atomic E-state index is 4.75. The fraction of sp³-hybridized carbons (Fsp3) is 0.0800. The summed E-state index contributed by atoms with van der Waals surface area (Å²) in [7, 11) is 0. The maximum absolute atomic E-state index is 4.75. The Balaban J connectivity index is 1.25.